The minimum atomic E-state index is -0.165. The molecule has 3 N–H and O–H groups in total. The van der Waals surface area contributed by atoms with Crippen molar-refractivity contribution in [2.45, 2.75) is 6.54 Å². The first-order chi connectivity index (χ1) is 11.5. The Kier molecular flexibility index (Phi) is 4.59. The minimum absolute atomic E-state index is 0.0333. The lowest BCUT2D eigenvalue weighted by Crippen LogP contribution is -2.14. The number of carbonyl (C=O) groups is 1. The number of halogens is 1. The zero-order valence-corrected chi connectivity index (χ0v) is 14.0. The van der Waals surface area contributed by atoms with Gasteiger partial charge in [0.15, 0.2) is 5.78 Å². The summed E-state index contributed by atoms with van der Waals surface area (Å²) in [5.41, 5.74) is 10.1. The van der Waals surface area contributed by atoms with Gasteiger partial charge in [0.25, 0.3) is 0 Å². The van der Waals surface area contributed by atoms with Crippen LogP contribution in [0.15, 0.2) is 48.8 Å². The first-order valence-electron chi connectivity index (χ1n) is 6.96. The molecule has 0 aliphatic carbocycles. The standard InChI is InChI=1S/C15H13ClN6OS/c16-11-3-1-2-10(8-11)13(23)9-21-15(24)22(14(17)20-21)19-12-4-6-18-7-5-12/h1-8H,9H2,(H2,17,20)(H,18,19). The number of rotatable bonds is 5. The maximum absolute atomic E-state index is 12.4. The lowest BCUT2D eigenvalue weighted by atomic mass is 10.1. The van der Waals surface area contributed by atoms with Crippen molar-refractivity contribution in [3.63, 3.8) is 0 Å². The maximum Gasteiger partial charge on any atom is 0.240 e. The average Bonchev–Trinajstić information content (AvgIpc) is 2.83. The Morgan fingerprint density at radius 2 is 2.04 bits per heavy atom. The molecule has 0 radical (unpaired) electrons. The van der Waals surface area contributed by atoms with E-state index in [1.54, 1.807) is 48.8 Å². The Balaban J connectivity index is 1.84. The zero-order valence-electron chi connectivity index (χ0n) is 12.4. The maximum atomic E-state index is 12.4. The van der Waals surface area contributed by atoms with E-state index in [4.69, 9.17) is 29.6 Å². The lowest BCUT2D eigenvalue weighted by Gasteiger charge is -2.07. The smallest absolute Gasteiger partial charge is 0.240 e. The predicted octanol–water partition coefficient (Wildman–Crippen LogP) is 2.80. The van der Waals surface area contributed by atoms with Crippen LogP contribution in [0.5, 0.6) is 0 Å². The fourth-order valence-corrected chi connectivity index (χ4v) is 2.51. The third-order valence-electron chi connectivity index (χ3n) is 3.23. The van der Waals surface area contributed by atoms with E-state index in [1.807, 2.05) is 0 Å². The van der Waals surface area contributed by atoms with Crippen LogP contribution in [0.1, 0.15) is 10.4 Å². The summed E-state index contributed by atoms with van der Waals surface area (Å²) in [5.74, 6) is -0.0159. The Bertz CT molecular complexity index is 937. The van der Waals surface area contributed by atoms with Crippen LogP contribution in [0.3, 0.4) is 0 Å². The van der Waals surface area contributed by atoms with E-state index in [2.05, 4.69) is 15.5 Å². The molecule has 0 saturated carbocycles. The Morgan fingerprint density at radius 3 is 2.75 bits per heavy atom. The van der Waals surface area contributed by atoms with Gasteiger partial charge in [-0.3, -0.25) is 15.2 Å². The third-order valence-corrected chi connectivity index (χ3v) is 3.85. The van der Waals surface area contributed by atoms with E-state index in [0.717, 1.165) is 5.69 Å². The van der Waals surface area contributed by atoms with E-state index >= 15 is 0 Å². The first-order valence-corrected chi connectivity index (χ1v) is 7.74. The normalized spacial score (nSPS) is 10.5. The van der Waals surface area contributed by atoms with Crippen LogP contribution in [0.4, 0.5) is 11.6 Å². The quantitative estimate of drug-likeness (QED) is 0.537. The van der Waals surface area contributed by atoms with Crippen molar-refractivity contribution >= 4 is 41.2 Å². The summed E-state index contributed by atoms with van der Waals surface area (Å²) < 4.78 is 3.07. The van der Waals surface area contributed by atoms with Gasteiger partial charge < -0.3 is 5.73 Å². The average molecular weight is 361 g/mol. The van der Waals surface area contributed by atoms with Crippen LogP contribution in [-0.4, -0.2) is 25.2 Å². The van der Waals surface area contributed by atoms with Gasteiger partial charge in [-0.2, -0.15) is 4.68 Å². The minimum Gasteiger partial charge on any atom is -0.366 e. The van der Waals surface area contributed by atoms with Gasteiger partial charge in [-0.1, -0.05) is 23.7 Å². The van der Waals surface area contributed by atoms with Gasteiger partial charge in [0, 0.05) is 23.0 Å². The van der Waals surface area contributed by atoms with Crippen molar-refractivity contribution in [1.82, 2.24) is 19.4 Å². The molecule has 0 bridgehead atoms. The molecule has 3 rings (SSSR count). The molecule has 0 fully saturated rings. The van der Waals surface area contributed by atoms with E-state index in [1.165, 1.54) is 9.36 Å². The predicted molar refractivity (Wildman–Crippen MR) is 94.5 cm³/mol. The van der Waals surface area contributed by atoms with Gasteiger partial charge in [0.05, 0.1) is 5.69 Å². The summed E-state index contributed by atoms with van der Waals surface area (Å²) in [6.45, 7) is -0.0333. The number of ketones is 1. The summed E-state index contributed by atoms with van der Waals surface area (Å²) >= 11 is 11.2. The van der Waals surface area contributed by atoms with E-state index in [9.17, 15) is 4.79 Å². The number of hydrogen-bond acceptors (Lipinski definition) is 6. The number of hydrogen-bond donors (Lipinski definition) is 2. The van der Waals surface area contributed by atoms with E-state index in [-0.39, 0.29) is 23.0 Å². The highest BCUT2D eigenvalue weighted by atomic mass is 35.5. The van der Waals surface area contributed by atoms with Gasteiger partial charge in [-0.05, 0) is 36.5 Å². The second-order valence-corrected chi connectivity index (χ2v) is 5.72. The molecule has 122 valence electrons. The SMILES string of the molecule is Nc1nn(CC(=O)c2cccc(Cl)c2)c(=S)n1Nc1ccncc1. The highest BCUT2D eigenvalue weighted by Gasteiger charge is 2.13. The fourth-order valence-electron chi connectivity index (χ4n) is 2.08. The molecular formula is C15H13ClN6OS. The highest BCUT2D eigenvalue weighted by Crippen LogP contribution is 2.13. The largest absolute Gasteiger partial charge is 0.366 e. The fraction of sp³-hybridized carbons (Fsp3) is 0.0667. The Hall–Kier alpha value is -2.71. The van der Waals surface area contributed by atoms with Crippen molar-refractivity contribution in [2.24, 2.45) is 0 Å². The number of anilines is 2. The molecule has 7 nitrogen and oxygen atoms in total. The number of nitrogen functional groups attached to an aromatic ring is 1. The summed E-state index contributed by atoms with van der Waals surface area (Å²) in [5, 5.41) is 4.61. The van der Waals surface area contributed by atoms with Crippen molar-refractivity contribution in [1.29, 1.82) is 0 Å². The number of carbonyl (C=O) groups excluding carboxylic acids is 1. The number of nitrogens with two attached hydrogens (primary N) is 1. The van der Waals surface area contributed by atoms with Crippen molar-refractivity contribution < 1.29 is 4.79 Å². The van der Waals surface area contributed by atoms with Gasteiger partial charge in [0.1, 0.15) is 6.54 Å². The molecule has 2 aromatic heterocycles. The molecule has 0 saturated heterocycles. The van der Waals surface area contributed by atoms with Crippen LogP contribution in [0.25, 0.3) is 0 Å². The zero-order chi connectivity index (χ0) is 17.1. The molecule has 0 unspecified atom stereocenters. The molecule has 0 spiro atoms. The second-order valence-electron chi connectivity index (χ2n) is 4.92. The molecule has 0 amide bonds. The molecular weight excluding hydrogens is 348 g/mol. The lowest BCUT2D eigenvalue weighted by molar-refractivity contribution is 0.0967. The van der Waals surface area contributed by atoms with Crippen LogP contribution < -0.4 is 11.2 Å². The molecule has 1 aromatic carbocycles. The summed E-state index contributed by atoms with van der Waals surface area (Å²) in [6, 6.07) is 10.2. The molecule has 0 aliphatic heterocycles. The number of benzene rings is 1. The Labute approximate surface area is 147 Å². The molecule has 9 heteroatoms. The Morgan fingerprint density at radius 1 is 1.29 bits per heavy atom. The number of nitrogens with one attached hydrogen (secondary N) is 1. The topological polar surface area (TPSA) is 90.8 Å². The van der Waals surface area contributed by atoms with Crippen LogP contribution >= 0.6 is 23.8 Å². The third kappa shape index (κ3) is 3.44. The van der Waals surface area contributed by atoms with E-state index in [0.29, 0.717) is 10.6 Å². The van der Waals surface area contributed by atoms with E-state index < -0.39 is 0 Å². The van der Waals surface area contributed by atoms with Crippen LogP contribution in [0.2, 0.25) is 5.02 Å². The summed E-state index contributed by atoms with van der Waals surface area (Å²) in [4.78, 5) is 16.3. The molecule has 24 heavy (non-hydrogen) atoms. The molecule has 0 atom stereocenters. The number of pyridine rings is 1. The number of aromatic nitrogens is 4. The first kappa shape index (κ1) is 16.2. The molecule has 0 aliphatic rings. The van der Waals surface area contributed by atoms with Gasteiger partial charge >= 0.3 is 0 Å². The second kappa shape index (κ2) is 6.81. The van der Waals surface area contributed by atoms with Gasteiger partial charge in [0.2, 0.25) is 10.7 Å². The van der Waals surface area contributed by atoms with Crippen molar-refractivity contribution in [3.8, 4) is 0 Å². The monoisotopic (exact) mass is 360 g/mol. The molecule has 3 aromatic rings. The number of Topliss-reactive ketones (excluding diaryl/α,β-unsaturated/α-hetero) is 1. The van der Waals surface area contributed by atoms with Crippen LogP contribution in [0, 0.1) is 4.77 Å². The van der Waals surface area contributed by atoms with Crippen molar-refractivity contribution in [3.05, 3.63) is 64.1 Å². The number of nitrogens with zero attached hydrogens (tertiary/aromatic N) is 4. The van der Waals surface area contributed by atoms with Crippen LogP contribution in [-0.2, 0) is 6.54 Å². The summed E-state index contributed by atoms with van der Waals surface area (Å²) in [7, 11) is 0. The summed E-state index contributed by atoms with van der Waals surface area (Å²) in [6.07, 6.45) is 3.27. The van der Waals surface area contributed by atoms with Gasteiger partial charge in [-0.25, -0.2) is 4.68 Å². The van der Waals surface area contributed by atoms with Crippen molar-refractivity contribution in [2.75, 3.05) is 11.2 Å². The molecule has 2 heterocycles. The highest BCUT2D eigenvalue weighted by molar-refractivity contribution is 7.71. The van der Waals surface area contributed by atoms with Gasteiger partial charge in [-0.15, -0.1) is 5.10 Å².